The first kappa shape index (κ1) is 14.4. The third kappa shape index (κ3) is 2.29. The first-order valence-corrected chi connectivity index (χ1v) is 7.75. The van der Waals surface area contributed by atoms with Crippen molar-refractivity contribution in [3.05, 3.63) is 59.2 Å². The number of fused-ring (bicyclic) bond motifs is 1. The lowest BCUT2D eigenvalue weighted by Gasteiger charge is -2.10. The van der Waals surface area contributed by atoms with Gasteiger partial charge in [0.25, 0.3) is 0 Å². The summed E-state index contributed by atoms with van der Waals surface area (Å²) in [5.74, 6) is 0. The van der Waals surface area contributed by atoms with E-state index < -0.39 is 0 Å². The van der Waals surface area contributed by atoms with E-state index in [1.807, 2.05) is 0 Å². The van der Waals surface area contributed by atoms with Gasteiger partial charge in [0, 0.05) is 11.9 Å². The molecule has 0 bridgehead atoms. The zero-order valence-electron chi connectivity index (χ0n) is 13.4. The Hall–Kier alpha value is -2.53. The standard InChI is InChI=1S/C20H20N2/c1-4-11-22-19-12-15(3)7-10-17(19)18(13-21)20(22)16-8-5-14(2)6-9-16/h5-10,12H,4,11H2,1-3H3. The highest BCUT2D eigenvalue weighted by Crippen LogP contribution is 2.34. The lowest BCUT2D eigenvalue weighted by atomic mass is 10.0. The zero-order chi connectivity index (χ0) is 15.7. The van der Waals surface area contributed by atoms with Gasteiger partial charge in [-0.1, -0.05) is 48.9 Å². The van der Waals surface area contributed by atoms with Crippen LogP contribution in [0.4, 0.5) is 0 Å². The molecule has 0 atom stereocenters. The van der Waals surface area contributed by atoms with Gasteiger partial charge in [0.2, 0.25) is 0 Å². The predicted octanol–water partition coefficient (Wildman–Crippen LogP) is 5.21. The summed E-state index contributed by atoms with van der Waals surface area (Å²) in [4.78, 5) is 0. The summed E-state index contributed by atoms with van der Waals surface area (Å²) < 4.78 is 2.30. The van der Waals surface area contributed by atoms with Crippen LogP contribution in [-0.4, -0.2) is 4.57 Å². The van der Waals surface area contributed by atoms with Crippen molar-refractivity contribution in [2.24, 2.45) is 0 Å². The molecule has 0 aliphatic heterocycles. The molecule has 0 radical (unpaired) electrons. The molecular formula is C20H20N2. The van der Waals surface area contributed by atoms with Gasteiger partial charge in [-0.15, -0.1) is 0 Å². The van der Waals surface area contributed by atoms with E-state index in [1.54, 1.807) is 0 Å². The van der Waals surface area contributed by atoms with Crippen LogP contribution in [0.5, 0.6) is 0 Å². The predicted molar refractivity (Wildman–Crippen MR) is 91.9 cm³/mol. The van der Waals surface area contributed by atoms with Crippen LogP contribution in [0.25, 0.3) is 22.2 Å². The second-order valence-corrected chi connectivity index (χ2v) is 5.87. The molecule has 1 heterocycles. The van der Waals surface area contributed by atoms with Crippen molar-refractivity contribution >= 4 is 10.9 Å². The molecule has 2 aromatic carbocycles. The lowest BCUT2D eigenvalue weighted by molar-refractivity contribution is 0.709. The van der Waals surface area contributed by atoms with Gasteiger partial charge >= 0.3 is 0 Å². The summed E-state index contributed by atoms with van der Waals surface area (Å²) in [6.07, 6.45) is 1.04. The van der Waals surface area contributed by atoms with E-state index in [9.17, 15) is 5.26 Å². The number of rotatable bonds is 3. The largest absolute Gasteiger partial charge is 0.339 e. The van der Waals surface area contributed by atoms with Gasteiger partial charge < -0.3 is 4.57 Å². The second-order valence-electron chi connectivity index (χ2n) is 5.87. The lowest BCUT2D eigenvalue weighted by Crippen LogP contribution is -2.00. The van der Waals surface area contributed by atoms with Crippen molar-refractivity contribution in [2.75, 3.05) is 0 Å². The van der Waals surface area contributed by atoms with Crippen molar-refractivity contribution in [1.82, 2.24) is 4.57 Å². The fraction of sp³-hybridized carbons (Fsp3) is 0.250. The molecule has 0 aliphatic rings. The first-order valence-electron chi connectivity index (χ1n) is 7.75. The summed E-state index contributed by atoms with van der Waals surface area (Å²) >= 11 is 0. The smallest absolute Gasteiger partial charge is 0.102 e. The summed E-state index contributed by atoms with van der Waals surface area (Å²) in [5.41, 5.74) is 6.56. The monoisotopic (exact) mass is 288 g/mol. The average molecular weight is 288 g/mol. The van der Waals surface area contributed by atoms with Crippen LogP contribution in [0.15, 0.2) is 42.5 Å². The van der Waals surface area contributed by atoms with Crippen LogP contribution in [0.2, 0.25) is 0 Å². The molecule has 22 heavy (non-hydrogen) atoms. The van der Waals surface area contributed by atoms with Gasteiger partial charge in [-0.25, -0.2) is 0 Å². The molecule has 2 nitrogen and oxygen atoms in total. The van der Waals surface area contributed by atoms with E-state index in [2.05, 4.69) is 73.9 Å². The van der Waals surface area contributed by atoms with Crippen LogP contribution in [0, 0.1) is 25.2 Å². The van der Waals surface area contributed by atoms with Gasteiger partial charge in [-0.05, 0) is 37.5 Å². The number of aromatic nitrogens is 1. The van der Waals surface area contributed by atoms with Crippen molar-refractivity contribution < 1.29 is 0 Å². The van der Waals surface area contributed by atoms with Crippen molar-refractivity contribution in [2.45, 2.75) is 33.7 Å². The van der Waals surface area contributed by atoms with Crippen molar-refractivity contribution in [3.8, 4) is 17.3 Å². The van der Waals surface area contributed by atoms with Crippen LogP contribution in [0.3, 0.4) is 0 Å². The third-order valence-corrected chi connectivity index (χ3v) is 4.10. The molecule has 110 valence electrons. The molecule has 0 amide bonds. The van der Waals surface area contributed by atoms with Crippen LogP contribution >= 0.6 is 0 Å². The van der Waals surface area contributed by atoms with E-state index >= 15 is 0 Å². The Morgan fingerprint density at radius 2 is 1.68 bits per heavy atom. The number of hydrogen-bond acceptors (Lipinski definition) is 1. The van der Waals surface area contributed by atoms with Crippen LogP contribution in [0.1, 0.15) is 30.0 Å². The third-order valence-electron chi connectivity index (χ3n) is 4.10. The van der Waals surface area contributed by atoms with Gasteiger partial charge in [-0.3, -0.25) is 0 Å². The molecule has 0 aliphatic carbocycles. The van der Waals surface area contributed by atoms with Crippen LogP contribution < -0.4 is 0 Å². The van der Waals surface area contributed by atoms with E-state index in [-0.39, 0.29) is 0 Å². The maximum absolute atomic E-state index is 9.72. The summed E-state index contributed by atoms with van der Waals surface area (Å²) in [6, 6.07) is 17.2. The van der Waals surface area contributed by atoms with Gasteiger partial charge in [0.1, 0.15) is 6.07 Å². The molecule has 0 saturated heterocycles. The van der Waals surface area contributed by atoms with Crippen LogP contribution in [-0.2, 0) is 6.54 Å². The Balaban J connectivity index is 2.38. The average Bonchev–Trinajstić information content (AvgIpc) is 2.82. The second kappa shape index (κ2) is 5.69. The number of nitriles is 1. The Bertz CT molecular complexity index is 861. The molecule has 0 saturated carbocycles. The Morgan fingerprint density at radius 1 is 1.00 bits per heavy atom. The fourth-order valence-corrected chi connectivity index (χ4v) is 3.04. The molecular weight excluding hydrogens is 268 g/mol. The Labute approximate surface area is 131 Å². The van der Waals surface area contributed by atoms with Gasteiger partial charge in [0.15, 0.2) is 0 Å². The van der Waals surface area contributed by atoms with Crippen molar-refractivity contribution in [1.29, 1.82) is 5.26 Å². The number of aryl methyl sites for hydroxylation is 3. The fourth-order valence-electron chi connectivity index (χ4n) is 3.04. The SMILES string of the molecule is CCCn1c(-c2ccc(C)cc2)c(C#N)c2ccc(C)cc21. The normalized spacial score (nSPS) is 10.8. The van der Waals surface area contributed by atoms with E-state index in [0.717, 1.165) is 40.7 Å². The molecule has 1 aromatic heterocycles. The maximum Gasteiger partial charge on any atom is 0.102 e. The number of hydrogen-bond donors (Lipinski definition) is 0. The van der Waals surface area contributed by atoms with E-state index in [1.165, 1.54) is 11.1 Å². The molecule has 2 heteroatoms. The molecule has 0 unspecified atom stereocenters. The van der Waals surface area contributed by atoms with E-state index in [0.29, 0.717) is 0 Å². The Morgan fingerprint density at radius 3 is 2.32 bits per heavy atom. The van der Waals surface area contributed by atoms with E-state index in [4.69, 9.17) is 0 Å². The summed E-state index contributed by atoms with van der Waals surface area (Å²) in [6.45, 7) is 7.28. The quantitative estimate of drug-likeness (QED) is 0.650. The van der Waals surface area contributed by atoms with Gasteiger partial charge in [0.05, 0.1) is 16.8 Å². The van der Waals surface area contributed by atoms with Crippen molar-refractivity contribution in [3.63, 3.8) is 0 Å². The highest BCUT2D eigenvalue weighted by Gasteiger charge is 2.18. The molecule has 0 N–H and O–H groups in total. The Kier molecular flexibility index (Phi) is 3.73. The molecule has 3 aromatic rings. The zero-order valence-corrected chi connectivity index (χ0v) is 13.4. The summed E-state index contributed by atoms with van der Waals surface area (Å²) in [5, 5.41) is 10.8. The first-order chi connectivity index (χ1) is 10.7. The molecule has 0 spiro atoms. The van der Waals surface area contributed by atoms with Gasteiger partial charge in [-0.2, -0.15) is 5.26 Å². The number of nitrogens with zero attached hydrogens (tertiary/aromatic N) is 2. The topological polar surface area (TPSA) is 28.7 Å². The minimum absolute atomic E-state index is 0.785. The highest BCUT2D eigenvalue weighted by molar-refractivity contribution is 5.94. The minimum atomic E-state index is 0.785. The molecule has 3 rings (SSSR count). The summed E-state index contributed by atoms with van der Waals surface area (Å²) in [7, 11) is 0. The number of benzene rings is 2. The highest BCUT2D eigenvalue weighted by atomic mass is 15.0. The molecule has 0 fully saturated rings. The minimum Gasteiger partial charge on any atom is -0.339 e. The maximum atomic E-state index is 9.72.